The Morgan fingerprint density at radius 1 is 1.47 bits per heavy atom. The van der Waals surface area contributed by atoms with Crippen LogP contribution >= 0.6 is 11.5 Å². The van der Waals surface area contributed by atoms with Gasteiger partial charge < -0.3 is 0 Å². The summed E-state index contributed by atoms with van der Waals surface area (Å²) >= 11 is 1.17. The van der Waals surface area contributed by atoms with Gasteiger partial charge in [0.15, 0.2) is 0 Å². The minimum Gasteiger partial charge on any atom is -0.271 e. The van der Waals surface area contributed by atoms with Crippen molar-refractivity contribution in [3.05, 3.63) is 40.9 Å². The molecule has 2 rings (SSSR count). The van der Waals surface area contributed by atoms with Crippen molar-refractivity contribution in [3.63, 3.8) is 0 Å². The normalized spacial score (nSPS) is 12.7. The first kappa shape index (κ1) is 10.1. The lowest BCUT2D eigenvalue weighted by Crippen LogP contribution is -2.29. The molecule has 5 nitrogen and oxygen atoms in total. The average molecular weight is 225 g/mol. The molecule has 0 fully saturated rings. The monoisotopic (exact) mass is 225 g/mol. The second-order valence-electron chi connectivity index (χ2n) is 2.82. The molecule has 0 radical (unpaired) electrons. The number of hydrogen-bond acceptors (Lipinski definition) is 6. The predicted molar refractivity (Wildman–Crippen MR) is 53.3 cm³/mol. The number of halogens is 1. The highest BCUT2D eigenvalue weighted by Gasteiger charge is 2.18. The molecule has 0 saturated carbocycles. The van der Waals surface area contributed by atoms with Crippen LogP contribution in [0.1, 0.15) is 16.5 Å². The van der Waals surface area contributed by atoms with Crippen LogP contribution in [0.3, 0.4) is 0 Å². The molecule has 2 aromatic rings. The average Bonchev–Trinajstić information content (AvgIpc) is 2.75. The fourth-order valence-electron chi connectivity index (χ4n) is 1.25. The Bertz CT molecular complexity index is 432. The van der Waals surface area contributed by atoms with E-state index in [0.29, 0.717) is 5.56 Å². The van der Waals surface area contributed by atoms with E-state index < -0.39 is 11.9 Å². The van der Waals surface area contributed by atoms with Gasteiger partial charge in [-0.05, 0) is 17.6 Å². The summed E-state index contributed by atoms with van der Waals surface area (Å²) in [5.74, 6) is 4.97. The molecular formula is C8H8FN5S. The first-order chi connectivity index (χ1) is 7.33. The van der Waals surface area contributed by atoms with Crippen LogP contribution in [0, 0.1) is 5.82 Å². The smallest absolute Gasteiger partial charge is 0.146 e. The van der Waals surface area contributed by atoms with Crippen molar-refractivity contribution < 1.29 is 4.39 Å². The minimum absolute atomic E-state index is 0.408. The van der Waals surface area contributed by atoms with Gasteiger partial charge in [0.05, 0.1) is 23.3 Å². The maximum Gasteiger partial charge on any atom is 0.146 e. The van der Waals surface area contributed by atoms with Gasteiger partial charge in [-0.15, -0.1) is 5.10 Å². The van der Waals surface area contributed by atoms with Crippen LogP contribution in [-0.2, 0) is 0 Å². The summed E-state index contributed by atoms with van der Waals surface area (Å²) in [5, 5.41) is 3.68. The Labute approximate surface area is 89.3 Å². The molecule has 0 aliphatic rings. The summed E-state index contributed by atoms with van der Waals surface area (Å²) in [5.41, 5.74) is 2.95. The summed E-state index contributed by atoms with van der Waals surface area (Å²) in [6, 6.07) is 1.13. The van der Waals surface area contributed by atoms with Gasteiger partial charge in [0.2, 0.25) is 0 Å². The topological polar surface area (TPSA) is 76.7 Å². The van der Waals surface area contributed by atoms with Gasteiger partial charge in [-0.1, -0.05) is 4.49 Å². The second kappa shape index (κ2) is 4.39. The van der Waals surface area contributed by atoms with E-state index in [2.05, 4.69) is 20.0 Å². The number of nitrogens with two attached hydrogens (primary N) is 1. The third-order valence-corrected chi connectivity index (χ3v) is 2.67. The van der Waals surface area contributed by atoms with E-state index in [9.17, 15) is 4.39 Å². The van der Waals surface area contributed by atoms with Crippen LogP contribution in [-0.4, -0.2) is 14.6 Å². The lowest BCUT2D eigenvalue weighted by Gasteiger charge is -2.13. The predicted octanol–water partition coefficient (Wildman–Crippen LogP) is 0.625. The number of aromatic nitrogens is 3. The van der Waals surface area contributed by atoms with Gasteiger partial charge in [0.1, 0.15) is 5.82 Å². The zero-order valence-corrected chi connectivity index (χ0v) is 8.41. The zero-order valence-electron chi connectivity index (χ0n) is 7.59. The lowest BCUT2D eigenvalue weighted by molar-refractivity contribution is 0.559. The molecule has 1 unspecified atom stereocenters. The number of hydrogen-bond donors (Lipinski definition) is 2. The second-order valence-corrected chi connectivity index (χ2v) is 3.63. The van der Waals surface area contributed by atoms with Gasteiger partial charge in [0, 0.05) is 11.8 Å². The Kier molecular flexibility index (Phi) is 2.95. The van der Waals surface area contributed by atoms with Crippen molar-refractivity contribution in [3.8, 4) is 0 Å². The van der Waals surface area contributed by atoms with Crippen molar-refractivity contribution in [2.75, 3.05) is 0 Å². The fourth-order valence-corrected chi connectivity index (χ4v) is 1.83. The number of nitrogens with zero attached hydrogens (tertiary/aromatic N) is 3. The largest absolute Gasteiger partial charge is 0.271 e. The van der Waals surface area contributed by atoms with E-state index in [1.165, 1.54) is 17.7 Å². The molecule has 2 heterocycles. The third kappa shape index (κ3) is 1.99. The van der Waals surface area contributed by atoms with Crippen LogP contribution < -0.4 is 11.3 Å². The molecule has 1 atom stereocenters. The van der Waals surface area contributed by atoms with Crippen LogP contribution in [0.4, 0.5) is 4.39 Å². The Balaban J connectivity index is 2.40. The van der Waals surface area contributed by atoms with Crippen molar-refractivity contribution in [1.29, 1.82) is 0 Å². The molecule has 78 valence electrons. The van der Waals surface area contributed by atoms with E-state index in [4.69, 9.17) is 5.84 Å². The van der Waals surface area contributed by atoms with Gasteiger partial charge >= 0.3 is 0 Å². The number of hydrazine groups is 1. The van der Waals surface area contributed by atoms with Crippen molar-refractivity contribution >= 4 is 11.5 Å². The standard InChI is InChI=1S/C8H8FN5S/c9-6-3-11-2-1-5(6)8(13-10)7-4-12-14-15-7/h1-4,8,13H,10H2. The van der Waals surface area contributed by atoms with Crippen LogP contribution in [0.25, 0.3) is 0 Å². The first-order valence-electron chi connectivity index (χ1n) is 4.15. The van der Waals surface area contributed by atoms with Crippen molar-refractivity contribution in [2.45, 2.75) is 6.04 Å². The maximum atomic E-state index is 13.4. The molecule has 2 aromatic heterocycles. The molecular weight excluding hydrogens is 217 g/mol. The highest BCUT2D eigenvalue weighted by molar-refractivity contribution is 7.05. The van der Waals surface area contributed by atoms with Crippen LogP contribution in [0.5, 0.6) is 0 Å². The highest BCUT2D eigenvalue weighted by atomic mass is 32.1. The van der Waals surface area contributed by atoms with E-state index >= 15 is 0 Å². The summed E-state index contributed by atoms with van der Waals surface area (Å²) < 4.78 is 17.1. The Morgan fingerprint density at radius 3 is 2.93 bits per heavy atom. The van der Waals surface area contributed by atoms with E-state index in [-0.39, 0.29) is 0 Å². The van der Waals surface area contributed by atoms with E-state index in [1.54, 1.807) is 12.3 Å². The Morgan fingerprint density at radius 2 is 2.33 bits per heavy atom. The van der Waals surface area contributed by atoms with Gasteiger partial charge in [0.25, 0.3) is 0 Å². The number of nitrogens with one attached hydrogen (secondary N) is 1. The summed E-state index contributed by atoms with van der Waals surface area (Å²) in [6.45, 7) is 0. The fraction of sp³-hybridized carbons (Fsp3) is 0.125. The molecule has 0 amide bonds. The van der Waals surface area contributed by atoms with E-state index in [1.807, 2.05) is 0 Å². The molecule has 0 spiro atoms. The molecule has 0 bridgehead atoms. The van der Waals surface area contributed by atoms with Gasteiger partial charge in [-0.2, -0.15) is 0 Å². The molecule has 0 aliphatic carbocycles. The van der Waals surface area contributed by atoms with Gasteiger partial charge in [-0.25, -0.2) is 9.82 Å². The van der Waals surface area contributed by atoms with Crippen molar-refractivity contribution in [2.24, 2.45) is 5.84 Å². The molecule has 7 heteroatoms. The Hall–Kier alpha value is -1.44. The molecule has 15 heavy (non-hydrogen) atoms. The minimum atomic E-state index is -0.437. The quantitative estimate of drug-likeness (QED) is 0.591. The van der Waals surface area contributed by atoms with Gasteiger partial charge in [-0.3, -0.25) is 10.8 Å². The van der Waals surface area contributed by atoms with E-state index in [0.717, 1.165) is 11.1 Å². The number of rotatable bonds is 3. The summed E-state index contributed by atoms with van der Waals surface area (Å²) in [7, 11) is 0. The maximum absolute atomic E-state index is 13.4. The third-order valence-electron chi connectivity index (χ3n) is 1.94. The molecule has 3 N–H and O–H groups in total. The number of pyridine rings is 1. The SMILES string of the molecule is NNC(c1cnns1)c1ccncc1F. The molecule has 0 aromatic carbocycles. The summed E-state index contributed by atoms with van der Waals surface area (Å²) in [6.07, 6.45) is 4.21. The molecule has 0 saturated heterocycles. The van der Waals surface area contributed by atoms with Crippen molar-refractivity contribution in [1.82, 2.24) is 20.0 Å². The summed E-state index contributed by atoms with van der Waals surface area (Å²) in [4.78, 5) is 4.42. The highest BCUT2D eigenvalue weighted by Crippen LogP contribution is 2.24. The molecule has 0 aliphatic heterocycles. The zero-order chi connectivity index (χ0) is 10.7. The van der Waals surface area contributed by atoms with Crippen LogP contribution in [0.2, 0.25) is 0 Å². The van der Waals surface area contributed by atoms with Crippen LogP contribution in [0.15, 0.2) is 24.7 Å². The first-order valence-corrected chi connectivity index (χ1v) is 4.93. The lowest BCUT2D eigenvalue weighted by atomic mass is 10.1.